The standard InChI is InChI=1S/C81H157NO13/c1-3-5-7-9-11-13-15-17-19-21-23-25-27-29-31-33-34-35-36-37-38-40-42-44-46-48-50-52-54-56-58-60-62-64-70(85)69(68-92-80-78(91)76(89)79(72(67-84)94-80)95-81-77(90)75(88)74(87)71(66-83)93-81)82-73(86)65-63-61-59-57-55-53-51-49-47-45-43-41-39-32-30-28-26-24-22-20-18-16-14-12-10-8-6-4-2/h62,64,69-72,74-81,83-85,87-91H,3-61,63,65-68H2,1-2H3,(H,82,86)/b64-62+. The van der Waals surface area contributed by atoms with Gasteiger partial charge < -0.3 is 65.1 Å². The highest BCUT2D eigenvalue weighted by molar-refractivity contribution is 5.76. The van der Waals surface area contributed by atoms with Crippen LogP contribution in [0.25, 0.3) is 0 Å². The Hall–Kier alpha value is -1.27. The van der Waals surface area contributed by atoms with Gasteiger partial charge >= 0.3 is 0 Å². The van der Waals surface area contributed by atoms with E-state index in [1.165, 1.54) is 340 Å². The van der Waals surface area contributed by atoms with Crippen molar-refractivity contribution < 1.29 is 64.6 Å². The summed E-state index contributed by atoms with van der Waals surface area (Å²) in [7, 11) is 0. The first kappa shape index (κ1) is 89.8. The predicted octanol–water partition coefficient (Wildman–Crippen LogP) is 18.9. The van der Waals surface area contributed by atoms with Crippen LogP contribution in [0.5, 0.6) is 0 Å². The van der Waals surface area contributed by atoms with Crippen molar-refractivity contribution in [3.05, 3.63) is 12.2 Å². The second kappa shape index (κ2) is 66.0. The number of rotatable bonds is 71. The van der Waals surface area contributed by atoms with Crippen molar-refractivity contribution in [1.82, 2.24) is 5.32 Å². The minimum atomic E-state index is -1.79. The Labute approximate surface area is 584 Å². The lowest BCUT2D eigenvalue weighted by atomic mass is 9.97. The topological polar surface area (TPSA) is 228 Å². The van der Waals surface area contributed by atoms with Crippen LogP contribution >= 0.6 is 0 Å². The Morgan fingerprint density at radius 1 is 0.368 bits per heavy atom. The van der Waals surface area contributed by atoms with Crippen molar-refractivity contribution in [3.63, 3.8) is 0 Å². The lowest BCUT2D eigenvalue weighted by molar-refractivity contribution is -0.359. The van der Waals surface area contributed by atoms with E-state index in [1.807, 2.05) is 6.08 Å². The van der Waals surface area contributed by atoms with E-state index in [2.05, 4.69) is 19.2 Å². The molecule has 0 saturated carbocycles. The summed E-state index contributed by atoms with van der Waals surface area (Å²) in [5.74, 6) is -0.228. The van der Waals surface area contributed by atoms with Gasteiger partial charge in [-0.05, 0) is 19.3 Å². The van der Waals surface area contributed by atoms with Gasteiger partial charge in [0.2, 0.25) is 5.91 Å². The quantitative estimate of drug-likeness (QED) is 0.0204. The molecule has 2 fully saturated rings. The van der Waals surface area contributed by atoms with Crippen LogP contribution in [0.15, 0.2) is 12.2 Å². The second-order valence-electron chi connectivity index (χ2n) is 29.6. The zero-order chi connectivity index (χ0) is 68.7. The number of hydrogen-bond acceptors (Lipinski definition) is 13. The van der Waals surface area contributed by atoms with Gasteiger partial charge in [-0.2, -0.15) is 0 Å². The molecule has 2 heterocycles. The van der Waals surface area contributed by atoms with E-state index in [4.69, 9.17) is 18.9 Å². The number of hydrogen-bond donors (Lipinski definition) is 9. The highest BCUT2D eigenvalue weighted by Gasteiger charge is 2.51. The maximum absolute atomic E-state index is 13.4. The molecule has 1 amide bonds. The lowest BCUT2D eigenvalue weighted by Crippen LogP contribution is -2.65. The highest BCUT2D eigenvalue weighted by atomic mass is 16.7. The fraction of sp³-hybridized carbons (Fsp3) is 0.963. The maximum atomic E-state index is 13.4. The highest BCUT2D eigenvalue weighted by Crippen LogP contribution is 2.30. The molecule has 14 heteroatoms. The first-order chi connectivity index (χ1) is 46.6. The lowest BCUT2D eigenvalue weighted by Gasteiger charge is -2.46. The zero-order valence-electron chi connectivity index (χ0n) is 62.0. The number of carbonyl (C=O) groups is 1. The van der Waals surface area contributed by atoms with Crippen molar-refractivity contribution in [2.75, 3.05) is 19.8 Å². The molecular weight excluding hydrogens is 1190 g/mol. The van der Waals surface area contributed by atoms with Gasteiger partial charge in [0.25, 0.3) is 0 Å². The van der Waals surface area contributed by atoms with Gasteiger partial charge in [0, 0.05) is 6.42 Å². The molecule has 14 nitrogen and oxygen atoms in total. The van der Waals surface area contributed by atoms with E-state index in [9.17, 15) is 45.6 Å². The molecule has 0 aromatic carbocycles. The van der Waals surface area contributed by atoms with E-state index in [0.717, 1.165) is 44.9 Å². The summed E-state index contributed by atoms with van der Waals surface area (Å²) in [5, 5.41) is 87.7. The van der Waals surface area contributed by atoms with E-state index >= 15 is 0 Å². The molecule has 2 rings (SSSR count). The van der Waals surface area contributed by atoms with Crippen molar-refractivity contribution in [1.29, 1.82) is 0 Å². The van der Waals surface area contributed by atoms with Crippen molar-refractivity contribution >= 4 is 5.91 Å². The fourth-order valence-corrected chi connectivity index (χ4v) is 14.2. The van der Waals surface area contributed by atoms with Crippen LogP contribution < -0.4 is 5.32 Å². The molecule has 0 spiro atoms. The predicted molar refractivity (Wildman–Crippen MR) is 392 cm³/mol. The normalized spacial score (nSPS) is 22.3. The summed E-state index contributed by atoms with van der Waals surface area (Å²) in [4.78, 5) is 13.4. The molecular formula is C81H157NO13. The maximum Gasteiger partial charge on any atom is 0.220 e. The van der Waals surface area contributed by atoms with Crippen molar-refractivity contribution in [2.24, 2.45) is 0 Å². The van der Waals surface area contributed by atoms with Gasteiger partial charge in [-0.1, -0.05) is 392 Å². The summed E-state index contributed by atoms with van der Waals surface area (Å²) in [6.45, 7) is 2.88. The second-order valence-corrected chi connectivity index (χ2v) is 29.6. The minimum Gasteiger partial charge on any atom is -0.394 e. The summed E-state index contributed by atoms with van der Waals surface area (Å²) in [6, 6.07) is -0.913. The number of nitrogens with one attached hydrogen (secondary N) is 1. The van der Waals surface area contributed by atoms with E-state index in [-0.39, 0.29) is 18.9 Å². The molecule has 564 valence electrons. The van der Waals surface area contributed by atoms with Gasteiger partial charge in [0.1, 0.15) is 48.8 Å². The molecule has 95 heavy (non-hydrogen) atoms. The molecule has 2 saturated heterocycles. The number of allylic oxidation sites excluding steroid dienone is 1. The monoisotopic (exact) mass is 1350 g/mol. The van der Waals surface area contributed by atoms with Crippen LogP contribution in [0.2, 0.25) is 0 Å². The van der Waals surface area contributed by atoms with E-state index < -0.39 is 86.8 Å². The van der Waals surface area contributed by atoms with Crippen LogP contribution in [0.3, 0.4) is 0 Å². The van der Waals surface area contributed by atoms with E-state index in [1.54, 1.807) is 6.08 Å². The summed E-state index contributed by atoms with van der Waals surface area (Å²) in [5.41, 5.74) is 0. The number of aliphatic hydroxyl groups excluding tert-OH is 8. The SMILES string of the molecule is CCCCCCCCCCCCCCCCCCCCCCCCCCCCCCCCC/C=C/C(O)C(COC1OC(CO)C(OC2OC(CO)C(O)C(O)C2O)C(O)C1O)NC(=O)CCCCCCCCCCCCCCCCCCCCCCCCCCCCCC. The third kappa shape index (κ3) is 49.1. The largest absolute Gasteiger partial charge is 0.394 e. The average molecular weight is 1350 g/mol. The van der Waals surface area contributed by atoms with Crippen molar-refractivity contribution in [2.45, 2.75) is 479 Å². The Kier molecular flexibility index (Phi) is 62.4. The Morgan fingerprint density at radius 3 is 0.968 bits per heavy atom. The molecule has 0 bridgehead atoms. The number of carbonyl (C=O) groups excluding carboxylic acids is 1. The van der Waals surface area contributed by atoms with Gasteiger partial charge in [-0.25, -0.2) is 0 Å². The van der Waals surface area contributed by atoms with Crippen LogP contribution in [0.1, 0.15) is 406 Å². The Morgan fingerprint density at radius 2 is 0.653 bits per heavy atom. The molecule has 2 aliphatic heterocycles. The summed E-state index contributed by atoms with van der Waals surface area (Å²) in [6.07, 6.45) is 67.4. The smallest absolute Gasteiger partial charge is 0.220 e. The molecule has 0 aliphatic carbocycles. The van der Waals surface area contributed by atoms with Crippen LogP contribution in [-0.2, 0) is 23.7 Å². The number of amides is 1. The fourth-order valence-electron chi connectivity index (χ4n) is 14.2. The minimum absolute atomic E-state index is 0.228. The van der Waals surface area contributed by atoms with Gasteiger partial charge in [-0.3, -0.25) is 4.79 Å². The molecule has 0 aromatic rings. The average Bonchev–Trinajstić information content (AvgIpc) is 0.801. The van der Waals surface area contributed by atoms with Crippen LogP contribution in [-0.4, -0.2) is 140 Å². The number of ether oxygens (including phenoxy) is 4. The van der Waals surface area contributed by atoms with E-state index in [0.29, 0.717) is 0 Å². The first-order valence-corrected chi connectivity index (χ1v) is 41.4. The number of unbranched alkanes of at least 4 members (excludes halogenated alkanes) is 58. The van der Waals surface area contributed by atoms with Crippen molar-refractivity contribution in [3.8, 4) is 0 Å². The first-order valence-electron chi connectivity index (χ1n) is 41.4. The third-order valence-corrected chi connectivity index (χ3v) is 20.7. The molecule has 2 aliphatic rings. The Balaban J connectivity index is 1.60. The summed E-state index contributed by atoms with van der Waals surface area (Å²) >= 11 is 0. The van der Waals surface area contributed by atoms with Gasteiger partial charge in [0.05, 0.1) is 32.0 Å². The summed E-state index contributed by atoms with van der Waals surface area (Å²) < 4.78 is 22.9. The van der Waals surface area contributed by atoms with Gasteiger partial charge in [-0.15, -0.1) is 0 Å². The molecule has 0 radical (unpaired) electrons. The van der Waals surface area contributed by atoms with Gasteiger partial charge in [0.15, 0.2) is 12.6 Å². The molecule has 12 atom stereocenters. The molecule has 12 unspecified atom stereocenters. The third-order valence-electron chi connectivity index (χ3n) is 20.7. The zero-order valence-corrected chi connectivity index (χ0v) is 62.0. The van der Waals surface area contributed by atoms with Crippen LogP contribution in [0, 0.1) is 0 Å². The number of aliphatic hydroxyl groups is 8. The molecule has 9 N–H and O–H groups in total. The Bertz CT molecular complexity index is 1640. The molecule has 0 aromatic heterocycles. The van der Waals surface area contributed by atoms with Crippen LogP contribution in [0.4, 0.5) is 0 Å².